The van der Waals surface area contributed by atoms with E-state index in [2.05, 4.69) is 19.6 Å². The number of nitrogens with zero attached hydrogens (tertiary/aromatic N) is 4. The maximum absolute atomic E-state index is 13.1. The molecule has 0 spiro atoms. The van der Waals surface area contributed by atoms with E-state index in [4.69, 9.17) is 11.6 Å². The molecule has 2 aromatic heterocycles. The lowest BCUT2D eigenvalue weighted by Crippen LogP contribution is -1.97. The van der Waals surface area contributed by atoms with Gasteiger partial charge in [-0.1, -0.05) is 16.1 Å². The zero-order chi connectivity index (χ0) is 10.1. The molecular weight excluding hydrogens is 227 g/mol. The van der Waals surface area contributed by atoms with E-state index in [1.165, 1.54) is 18.5 Å². The summed E-state index contributed by atoms with van der Waals surface area (Å²) in [4.78, 5) is 7.67. The van der Waals surface area contributed by atoms with Gasteiger partial charge in [-0.2, -0.15) is 0 Å². The van der Waals surface area contributed by atoms with Gasteiger partial charge in [-0.15, -0.1) is 5.10 Å². The first-order valence-corrected chi connectivity index (χ1v) is 4.87. The first-order chi connectivity index (χ1) is 6.68. The molecule has 14 heavy (non-hydrogen) atoms. The number of aromatic nitrogens is 4. The Morgan fingerprint density at radius 1 is 1.43 bits per heavy atom. The Labute approximate surface area is 88.0 Å². The highest BCUT2D eigenvalue weighted by Crippen LogP contribution is 2.19. The summed E-state index contributed by atoms with van der Waals surface area (Å²) >= 11 is 6.74. The molecule has 7 heteroatoms. The van der Waals surface area contributed by atoms with E-state index in [9.17, 15) is 4.39 Å². The molecule has 0 fully saturated rings. The highest BCUT2D eigenvalue weighted by atomic mass is 35.5. The maximum atomic E-state index is 13.1. The van der Waals surface area contributed by atoms with Crippen LogP contribution in [0.5, 0.6) is 0 Å². The van der Waals surface area contributed by atoms with Crippen LogP contribution in [0, 0.1) is 12.7 Å². The smallest absolute Gasteiger partial charge is 0.182 e. The summed E-state index contributed by atoms with van der Waals surface area (Å²) in [6.45, 7) is 1.52. The van der Waals surface area contributed by atoms with Gasteiger partial charge >= 0.3 is 0 Å². The summed E-state index contributed by atoms with van der Waals surface area (Å²) in [5, 5.41) is 5.24. The highest BCUT2D eigenvalue weighted by Gasteiger charge is 2.12. The van der Waals surface area contributed by atoms with Crippen molar-refractivity contribution in [3.8, 4) is 11.5 Å². The Bertz CT molecular complexity index is 436. The van der Waals surface area contributed by atoms with Gasteiger partial charge in [0.05, 0.1) is 5.69 Å². The lowest BCUT2D eigenvalue weighted by Gasteiger charge is -1.99. The molecule has 0 N–H and O–H groups in total. The molecule has 4 nitrogen and oxygen atoms in total. The minimum Gasteiger partial charge on any atom is -0.229 e. The van der Waals surface area contributed by atoms with Gasteiger partial charge in [0.2, 0.25) is 0 Å². The van der Waals surface area contributed by atoms with Crippen LogP contribution in [0.25, 0.3) is 11.5 Å². The fraction of sp³-hybridized carbons (Fsp3) is 0.143. The van der Waals surface area contributed by atoms with Crippen LogP contribution in [-0.4, -0.2) is 19.6 Å². The third-order valence-corrected chi connectivity index (χ3v) is 2.32. The van der Waals surface area contributed by atoms with Gasteiger partial charge in [-0.25, -0.2) is 14.4 Å². The van der Waals surface area contributed by atoms with Crippen LogP contribution in [0.2, 0.25) is 5.15 Å². The van der Waals surface area contributed by atoms with E-state index in [-0.39, 0.29) is 10.8 Å². The largest absolute Gasteiger partial charge is 0.229 e. The second kappa shape index (κ2) is 3.55. The lowest BCUT2D eigenvalue weighted by molar-refractivity contribution is 0.603. The van der Waals surface area contributed by atoms with Crippen LogP contribution < -0.4 is 0 Å². The third kappa shape index (κ3) is 1.58. The summed E-state index contributed by atoms with van der Waals surface area (Å²) < 4.78 is 16.7. The van der Waals surface area contributed by atoms with Gasteiger partial charge in [0.15, 0.2) is 16.8 Å². The van der Waals surface area contributed by atoms with Gasteiger partial charge in [0.1, 0.15) is 5.69 Å². The molecule has 0 atom stereocenters. The van der Waals surface area contributed by atoms with E-state index < -0.39 is 5.82 Å². The molecule has 0 amide bonds. The van der Waals surface area contributed by atoms with Crippen LogP contribution >= 0.6 is 23.1 Å². The Balaban J connectivity index is 2.57. The van der Waals surface area contributed by atoms with Crippen LogP contribution in [0.3, 0.4) is 0 Å². The molecule has 72 valence electrons. The van der Waals surface area contributed by atoms with Crippen molar-refractivity contribution >= 4 is 23.1 Å². The minimum absolute atomic E-state index is 0.194. The summed E-state index contributed by atoms with van der Waals surface area (Å²) in [5.41, 5.74) is 0.702. The Morgan fingerprint density at radius 2 is 2.21 bits per heavy atom. The Kier molecular flexibility index (Phi) is 2.39. The van der Waals surface area contributed by atoms with Gasteiger partial charge in [-0.05, 0) is 18.5 Å². The Hall–Kier alpha value is -1.14. The number of hydrogen-bond acceptors (Lipinski definition) is 5. The van der Waals surface area contributed by atoms with Crippen LogP contribution in [-0.2, 0) is 0 Å². The van der Waals surface area contributed by atoms with Crippen molar-refractivity contribution in [2.75, 3.05) is 0 Å². The van der Waals surface area contributed by atoms with Crippen molar-refractivity contribution < 1.29 is 4.39 Å². The lowest BCUT2D eigenvalue weighted by atomic mass is 10.4. The van der Waals surface area contributed by atoms with Crippen molar-refractivity contribution in [3.05, 3.63) is 22.0 Å². The Morgan fingerprint density at radius 3 is 2.79 bits per heavy atom. The summed E-state index contributed by atoms with van der Waals surface area (Å²) in [6.07, 6.45) is 0. The molecule has 0 aromatic carbocycles. The standard InChI is InChI=1S/C7H4ClFN4S/c1-3-5(9)6(8)11-7(10-3)4-2-14-13-12-4/h2H,1H3. The van der Waals surface area contributed by atoms with Crippen LogP contribution in [0.1, 0.15) is 5.69 Å². The molecule has 0 aliphatic heterocycles. The SMILES string of the molecule is Cc1nc(-c2csnn2)nc(Cl)c1F. The van der Waals surface area contributed by atoms with E-state index in [0.717, 1.165) is 0 Å². The first kappa shape index (κ1) is 9.42. The zero-order valence-electron chi connectivity index (χ0n) is 7.03. The molecule has 2 aromatic rings. The van der Waals surface area contributed by atoms with Gasteiger partial charge < -0.3 is 0 Å². The monoisotopic (exact) mass is 230 g/mol. The molecule has 2 heterocycles. The third-order valence-electron chi connectivity index (χ3n) is 1.57. The summed E-state index contributed by atoms with van der Waals surface area (Å²) in [5.74, 6) is -0.304. The minimum atomic E-state index is -0.599. The quantitative estimate of drug-likeness (QED) is 0.704. The molecular formula is C7H4ClFN4S. The van der Waals surface area contributed by atoms with E-state index in [0.29, 0.717) is 11.5 Å². The van der Waals surface area contributed by atoms with E-state index in [1.54, 1.807) is 5.38 Å². The second-order valence-electron chi connectivity index (χ2n) is 2.53. The number of rotatable bonds is 1. The van der Waals surface area contributed by atoms with Crippen molar-refractivity contribution in [1.29, 1.82) is 0 Å². The highest BCUT2D eigenvalue weighted by molar-refractivity contribution is 7.03. The van der Waals surface area contributed by atoms with Gasteiger partial charge in [0, 0.05) is 5.38 Å². The molecule has 0 saturated heterocycles. The topological polar surface area (TPSA) is 51.6 Å². The van der Waals surface area contributed by atoms with Crippen LogP contribution in [0.4, 0.5) is 4.39 Å². The summed E-state index contributed by atoms with van der Waals surface area (Å²) in [7, 11) is 0. The zero-order valence-corrected chi connectivity index (χ0v) is 8.60. The van der Waals surface area contributed by atoms with Crippen molar-refractivity contribution in [2.45, 2.75) is 6.92 Å². The molecule has 0 radical (unpaired) electrons. The fourth-order valence-corrected chi connectivity index (χ4v) is 1.55. The molecule has 0 unspecified atom stereocenters. The number of hydrogen-bond donors (Lipinski definition) is 0. The molecule has 0 aliphatic carbocycles. The molecule has 0 bridgehead atoms. The van der Waals surface area contributed by atoms with Crippen LogP contribution in [0.15, 0.2) is 5.38 Å². The van der Waals surface area contributed by atoms with Crippen molar-refractivity contribution in [3.63, 3.8) is 0 Å². The predicted molar refractivity (Wildman–Crippen MR) is 50.6 cm³/mol. The molecule has 2 rings (SSSR count). The van der Waals surface area contributed by atoms with Crippen molar-refractivity contribution in [2.24, 2.45) is 0 Å². The van der Waals surface area contributed by atoms with E-state index >= 15 is 0 Å². The van der Waals surface area contributed by atoms with E-state index in [1.807, 2.05) is 0 Å². The molecule has 0 saturated carbocycles. The molecule has 0 aliphatic rings. The number of aryl methyl sites for hydroxylation is 1. The van der Waals surface area contributed by atoms with Gasteiger partial charge in [-0.3, -0.25) is 0 Å². The normalized spacial score (nSPS) is 10.5. The van der Waals surface area contributed by atoms with Crippen molar-refractivity contribution in [1.82, 2.24) is 19.6 Å². The summed E-state index contributed by atoms with van der Waals surface area (Å²) in [6, 6.07) is 0. The fourth-order valence-electron chi connectivity index (χ4n) is 0.901. The average molecular weight is 231 g/mol. The van der Waals surface area contributed by atoms with Gasteiger partial charge in [0.25, 0.3) is 0 Å². The first-order valence-electron chi connectivity index (χ1n) is 3.65. The second-order valence-corrected chi connectivity index (χ2v) is 3.50. The average Bonchev–Trinajstić information content (AvgIpc) is 2.66. The maximum Gasteiger partial charge on any atom is 0.182 e. The predicted octanol–water partition coefficient (Wildman–Crippen LogP) is 2.10. The number of halogens is 2.